The van der Waals surface area contributed by atoms with Crippen molar-refractivity contribution in [2.75, 3.05) is 6.61 Å². The highest BCUT2D eigenvalue weighted by Gasteiger charge is 2.41. The van der Waals surface area contributed by atoms with E-state index < -0.39 is 41.4 Å². The van der Waals surface area contributed by atoms with E-state index in [1.54, 1.807) is 13.0 Å². The molecule has 6 rings (SSSR count). The fourth-order valence-electron chi connectivity index (χ4n) is 6.31. The Bertz CT molecular complexity index is 1860. The van der Waals surface area contributed by atoms with Gasteiger partial charge in [-0.05, 0) is 58.1 Å². The molecule has 5 heterocycles. The number of azide groups is 1. The molecule has 3 N–H and O–H groups in total. The summed E-state index contributed by atoms with van der Waals surface area (Å²) >= 11 is 0. The summed E-state index contributed by atoms with van der Waals surface area (Å²) in [6.07, 6.45) is 2.77. The SMILES string of the molecule is CCCc1cc(=O)oc2c3c(c4c(c12)OC(C)(C)CC4)O[C@@H](C)[C@H](C)[C@@H]3O.Cc1cn([C@H]2C[C@H](N=[N+]=[N-])[C@@H](CO)O2)c(=O)[nH]c1=O. The number of hydrogen-bond acceptors (Lipinski definition) is 10. The highest BCUT2D eigenvalue weighted by Crippen LogP contribution is 2.52. The molecule has 0 spiro atoms. The first kappa shape index (κ1) is 33.3. The van der Waals surface area contributed by atoms with Crippen molar-refractivity contribution < 1.29 is 28.8 Å². The molecule has 0 aliphatic carbocycles. The second-order valence-electron chi connectivity index (χ2n) is 12.9. The Morgan fingerprint density at radius 2 is 1.96 bits per heavy atom. The van der Waals surface area contributed by atoms with Crippen LogP contribution in [-0.2, 0) is 17.6 Å². The van der Waals surface area contributed by atoms with Crippen LogP contribution in [-0.4, -0.2) is 50.2 Å². The van der Waals surface area contributed by atoms with Gasteiger partial charge in [0.15, 0.2) is 5.58 Å². The summed E-state index contributed by atoms with van der Waals surface area (Å²) in [5.74, 6) is 1.30. The van der Waals surface area contributed by atoms with Crippen LogP contribution in [0.4, 0.5) is 0 Å². The van der Waals surface area contributed by atoms with Crippen LogP contribution in [0.1, 0.15) is 88.5 Å². The summed E-state index contributed by atoms with van der Waals surface area (Å²) in [6, 6.07) is 1.02. The molecule has 3 aliphatic rings. The maximum atomic E-state index is 12.3. The lowest BCUT2D eigenvalue weighted by atomic mass is 9.83. The molecule has 0 saturated carbocycles. The van der Waals surface area contributed by atoms with Crippen LogP contribution in [0.5, 0.6) is 11.5 Å². The molecule has 248 valence electrons. The Morgan fingerprint density at radius 3 is 2.63 bits per heavy atom. The van der Waals surface area contributed by atoms with Gasteiger partial charge in [-0.3, -0.25) is 14.3 Å². The van der Waals surface area contributed by atoms with Crippen molar-refractivity contribution in [1.82, 2.24) is 9.55 Å². The molecule has 1 saturated heterocycles. The second-order valence-corrected chi connectivity index (χ2v) is 12.9. The van der Waals surface area contributed by atoms with Gasteiger partial charge >= 0.3 is 11.3 Å². The summed E-state index contributed by atoms with van der Waals surface area (Å²) in [7, 11) is 0. The Morgan fingerprint density at radius 1 is 1.22 bits per heavy atom. The third-order valence-electron chi connectivity index (χ3n) is 9.06. The molecule has 0 radical (unpaired) electrons. The lowest BCUT2D eigenvalue weighted by molar-refractivity contribution is -0.0271. The van der Waals surface area contributed by atoms with Crippen molar-refractivity contribution >= 4 is 11.0 Å². The van der Waals surface area contributed by atoms with E-state index in [0.717, 1.165) is 47.9 Å². The van der Waals surface area contributed by atoms with E-state index in [9.17, 15) is 19.5 Å². The molecule has 3 aliphatic heterocycles. The van der Waals surface area contributed by atoms with Gasteiger partial charge in [0, 0.05) is 40.6 Å². The molecule has 14 heteroatoms. The first-order valence-electron chi connectivity index (χ1n) is 15.6. The zero-order chi connectivity index (χ0) is 33.5. The standard InChI is InChI=1S/C22H28O5.C10H13N5O4/c1-6-7-13-10-15(23)26-21-16(13)20-14(8-9-22(4,5)27-20)19-17(21)18(24)11(2)12(3)25-19;1-5-3-15(10(18)12-9(5)17)8-2-6(13-14-11)7(4-16)19-8/h10-12,18,24H,6-9H2,1-5H3;3,6-8,16H,2,4H2,1H3,(H,12,17,18)/t11-,12-,18-;6-,7+,8+/m00/s1. The van der Waals surface area contributed by atoms with Crippen LogP contribution < -0.4 is 26.3 Å². The maximum absolute atomic E-state index is 12.3. The van der Waals surface area contributed by atoms with E-state index in [4.69, 9.17) is 29.3 Å². The van der Waals surface area contributed by atoms with E-state index in [1.807, 2.05) is 13.8 Å². The zero-order valence-corrected chi connectivity index (χ0v) is 26.9. The number of aryl methyl sites for hydroxylation is 2. The monoisotopic (exact) mass is 639 g/mol. The van der Waals surface area contributed by atoms with Crippen LogP contribution in [0.25, 0.3) is 21.4 Å². The van der Waals surface area contributed by atoms with Gasteiger partial charge in [0.25, 0.3) is 5.56 Å². The van der Waals surface area contributed by atoms with Gasteiger partial charge in [-0.25, -0.2) is 9.59 Å². The number of fused-ring (bicyclic) bond motifs is 6. The van der Waals surface area contributed by atoms with E-state index in [2.05, 4.69) is 35.8 Å². The van der Waals surface area contributed by atoms with E-state index >= 15 is 0 Å². The minimum atomic E-state index is -0.744. The number of hydrogen-bond donors (Lipinski definition) is 3. The topological polar surface area (TPSA) is 202 Å². The van der Waals surface area contributed by atoms with Crippen molar-refractivity contribution in [1.29, 1.82) is 0 Å². The molecule has 6 atom stereocenters. The predicted molar refractivity (Wildman–Crippen MR) is 168 cm³/mol. The first-order chi connectivity index (χ1) is 21.8. The van der Waals surface area contributed by atoms with Crippen LogP contribution in [0, 0.1) is 12.8 Å². The molecule has 1 fully saturated rings. The molecule has 2 aromatic heterocycles. The lowest BCUT2D eigenvalue weighted by Crippen LogP contribution is -2.36. The quantitative estimate of drug-likeness (QED) is 0.159. The van der Waals surface area contributed by atoms with Crippen LogP contribution in [0.2, 0.25) is 0 Å². The minimum Gasteiger partial charge on any atom is -0.489 e. The highest BCUT2D eigenvalue weighted by molar-refractivity contribution is 5.94. The van der Waals surface area contributed by atoms with E-state index in [1.165, 1.54) is 10.8 Å². The summed E-state index contributed by atoms with van der Waals surface area (Å²) in [4.78, 5) is 40.1. The Kier molecular flexibility index (Phi) is 9.37. The van der Waals surface area contributed by atoms with Crippen molar-refractivity contribution in [3.63, 3.8) is 0 Å². The number of aliphatic hydroxyl groups is 2. The van der Waals surface area contributed by atoms with Gasteiger partial charge in [-0.15, -0.1) is 0 Å². The summed E-state index contributed by atoms with van der Waals surface area (Å²) in [5, 5.41) is 24.5. The molecule has 0 unspecified atom stereocenters. The summed E-state index contributed by atoms with van der Waals surface area (Å²) in [6.45, 7) is 11.4. The molecular weight excluding hydrogens is 598 g/mol. The molecule has 3 aromatic rings. The predicted octanol–water partition coefficient (Wildman–Crippen LogP) is 4.10. The molecule has 0 bridgehead atoms. The number of ether oxygens (including phenoxy) is 3. The Hall–Kier alpha value is -4.10. The molecule has 46 heavy (non-hydrogen) atoms. The Balaban J connectivity index is 0.000000193. The van der Waals surface area contributed by atoms with Crippen LogP contribution in [0.3, 0.4) is 0 Å². The van der Waals surface area contributed by atoms with Gasteiger partial charge in [-0.1, -0.05) is 25.4 Å². The number of H-pyrrole nitrogens is 1. The Labute approximate surface area is 264 Å². The number of benzene rings is 1. The van der Waals surface area contributed by atoms with Gasteiger partial charge in [0.2, 0.25) is 0 Å². The van der Waals surface area contributed by atoms with Gasteiger partial charge in [0.05, 0.1) is 35.8 Å². The van der Waals surface area contributed by atoms with Crippen molar-refractivity contribution in [3.05, 3.63) is 76.2 Å². The number of nitrogens with one attached hydrogen (secondary N) is 1. The normalized spacial score (nSPS) is 26.1. The zero-order valence-electron chi connectivity index (χ0n) is 26.9. The second kappa shape index (κ2) is 13.0. The third kappa shape index (κ3) is 6.17. The number of aromatic nitrogens is 2. The average Bonchev–Trinajstić information content (AvgIpc) is 3.40. The van der Waals surface area contributed by atoms with Crippen LogP contribution >= 0.6 is 0 Å². The maximum Gasteiger partial charge on any atom is 0.336 e. The summed E-state index contributed by atoms with van der Waals surface area (Å²) in [5.41, 5.74) is 9.98. The smallest absolute Gasteiger partial charge is 0.336 e. The van der Waals surface area contributed by atoms with E-state index in [-0.39, 0.29) is 30.7 Å². The number of aromatic amines is 1. The van der Waals surface area contributed by atoms with Crippen LogP contribution in [0.15, 0.2) is 36.2 Å². The molecular formula is C32H41N5O9. The third-order valence-corrected chi connectivity index (χ3v) is 9.06. The highest BCUT2D eigenvalue weighted by atomic mass is 16.5. The van der Waals surface area contributed by atoms with Crippen molar-refractivity contribution in [3.8, 4) is 11.5 Å². The number of aliphatic hydroxyl groups excluding tert-OH is 2. The first-order valence-corrected chi connectivity index (χ1v) is 15.6. The average molecular weight is 640 g/mol. The van der Waals surface area contributed by atoms with Crippen molar-refractivity contribution in [2.45, 2.75) is 110 Å². The number of nitrogens with zero attached hydrogens (tertiary/aromatic N) is 4. The number of rotatable bonds is 5. The lowest BCUT2D eigenvalue weighted by Gasteiger charge is -2.39. The minimum absolute atomic E-state index is 0.0974. The summed E-state index contributed by atoms with van der Waals surface area (Å²) < 4.78 is 25.0. The molecule has 0 amide bonds. The van der Waals surface area contributed by atoms with E-state index in [0.29, 0.717) is 22.5 Å². The van der Waals surface area contributed by atoms with Gasteiger partial charge in [0.1, 0.15) is 29.4 Å². The molecule has 14 nitrogen and oxygen atoms in total. The fourth-order valence-corrected chi connectivity index (χ4v) is 6.31. The van der Waals surface area contributed by atoms with Gasteiger partial charge < -0.3 is 28.8 Å². The van der Waals surface area contributed by atoms with Crippen molar-refractivity contribution in [2.24, 2.45) is 11.0 Å². The largest absolute Gasteiger partial charge is 0.489 e. The van der Waals surface area contributed by atoms with Gasteiger partial charge in [-0.2, -0.15) is 0 Å². The fraction of sp³-hybridized carbons (Fsp3) is 0.594. The molecule has 1 aromatic carbocycles.